The van der Waals surface area contributed by atoms with Crippen molar-refractivity contribution < 1.29 is 0 Å². The lowest BCUT2D eigenvalue weighted by Gasteiger charge is -2.09. The molecular weight excluding hydrogens is 296 g/mol. The molecule has 3 aromatic carbocycles. The molecule has 0 aliphatic rings. The SMILES string of the molecule is C(CSCc1ccccc1)=C(c1ccccc1)c1ccccc1. The molecule has 0 unspecified atom stereocenters. The Labute approximate surface area is 142 Å². The lowest BCUT2D eigenvalue weighted by atomic mass is 9.98. The van der Waals surface area contributed by atoms with Crippen LogP contribution in [0.5, 0.6) is 0 Å². The monoisotopic (exact) mass is 316 g/mol. The molecule has 114 valence electrons. The fourth-order valence-electron chi connectivity index (χ4n) is 2.53. The van der Waals surface area contributed by atoms with E-state index >= 15 is 0 Å². The van der Waals surface area contributed by atoms with Gasteiger partial charge in [0, 0.05) is 11.5 Å². The summed E-state index contributed by atoms with van der Waals surface area (Å²) in [6.07, 6.45) is 2.35. The Balaban J connectivity index is 1.73. The van der Waals surface area contributed by atoms with Gasteiger partial charge in [0.05, 0.1) is 0 Å². The second-order valence-electron chi connectivity index (χ2n) is 5.35. The highest BCUT2D eigenvalue weighted by Crippen LogP contribution is 2.24. The van der Waals surface area contributed by atoms with E-state index in [1.54, 1.807) is 0 Å². The highest BCUT2D eigenvalue weighted by Gasteiger charge is 2.03. The maximum atomic E-state index is 2.35. The predicted molar refractivity (Wildman–Crippen MR) is 103 cm³/mol. The first kappa shape index (κ1) is 15.6. The molecule has 3 aromatic rings. The standard InChI is InChI=1S/C22H20S/c1-4-10-19(11-5-1)18-23-17-16-22(20-12-6-2-7-13-20)21-14-8-3-9-15-21/h1-16H,17-18H2. The molecular formula is C22H20S. The van der Waals surface area contributed by atoms with E-state index in [-0.39, 0.29) is 0 Å². The first-order valence-electron chi connectivity index (χ1n) is 7.86. The van der Waals surface area contributed by atoms with Crippen LogP contribution in [0.1, 0.15) is 16.7 Å². The fourth-order valence-corrected chi connectivity index (χ4v) is 3.36. The van der Waals surface area contributed by atoms with Crippen LogP contribution in [0.25, 0.3) is 5.57 Å². The van der Waals surface area contributed by atoms with Gasteiger partial charge >= 0.3 is 0 Å². The minimum absolute atomic E-state index is 1.01. The van der Waals surface area contributed by atoms with Gasteiger partial charge < -0.3 is 0 Å². The van der Waals surface area contributed by atoms with Crippen LogP contribution in [0.15, 0.2) is 97.1 Å². The zero-order valence-electron chi connectivity index (χ0n) is 13.1. The summed E-state index contributed by atoms with van der Waals surface area (Å²) in [6, 6.07) is 31.9. The van der Waals surface area contributed by atoms with Crippen LogP contribution < -0.4 is 0 Å². The molecule has 0 saturated carbocycles. The molecule has 0 fully saturated rings. The Kier molecular flexibility index (Phi) is 5.71. The number of hydrogen-bond acceptors (Lipinski definition) is 1. The van der Waals surface area contributed by atoms with Gasteiger partial charge in [-0.15, -0.1) is 0 Å². The summed E-state index contributed by atoms with van der Waals surface area (Å²) in [5.41, 5.74) is 5.25. The highest BCUT2D eigenvalue weighted by molar-refractivity contribution is 7.98. The smallest absolute Gasteiger partial charge is 0.0187 e. The maximum Gasteiger partial charge on any atom is 0.0187 e. The number of hydrogen-bond donors (Lipinski definition) is 0. The van der Waals surface area contributed by atoms with E-state index in [1.165, 1.54) is 22.3 Å². The first-order valence-corrected chi connectivity index (χ1v) is 9.01. The van der Waals surface area contributed by atoms with Gasteiger partial charge in [0.15, 0.2) is 0 Å². The minimum Gasteiger partial charge on any atom is -0.153 e. The molecule has 0 nitrogen and oxygen atoms in total. The van der Waals surface area contributed by atoms with Crippen molar-refractivity contribution in [3.05, 3.63) is 114 Å². The van der Waals surface area contributed by atoms with Gasteiger partial charge in [-0.1, -0.05) is 97.1 Å². The summed E-state index contributed by atoms with van der Waals surface area (Å²) in [6.45, 7) is 0. The Hall–Kier alpha value is -2.25. The maximum absolute atomic E-state index is 2.35. The molecule has 0 spiro atoms. The molecule has 0 aromatic heterocycles. The summed E-state index contributed by atoms with van der Waals surface area (Å²) < 4.78 is 0. The summed E-state index contributed by atoms with van der Waals surface area (Å²) in [5, 5.41) is 0. The van der Waals surface area contributed by atoms with Gasteiger partial charge in [-0.25, -0.2) is 0 Å². The van der Waals surface area contributed by atoms with Gasteiger partial charge in [0.1, 0.15) is 0 Å². The van der Waals surface area contributed by atoms with Crippen LogP contribution in [-0.2, 0) is 5.75 Å². The molecule has 0 atom stereocenters. The Morgan fingerprint density at radius 1 is 0.652 bits per heavy atom. The topological polar surface area (TPSA) is 0 Å². The predicted octanol–water partition coefficient (Wildman–Crippen LogP) is 6.05. The van der Waals surface area contributed by atoms with E-state index in [9.17, 15) is 0 Å². The summed E-state index contributed by atoms with van der Waals surface area (Å²) in [5.74, 6) is 2.06. The number of thioether (sulfide) groups is 1. The van der Waals surface area contributed by atoms with Crippen molar-refractivity contribution in [1.82, 2.24) is 0 Å². The van der Waals surface area contributed by atoms with Gasteiger partial charge in [-0.2, -0.15) is 11.8 Å². The third-order valence-corrected chi connectivity index (χ3v) is 4.63. The largest absolute Gasteiger partial charge is 0.153 e. The Morgan fingerprint density at radius 3 is 1.65 bits per heavy atom. The highest BCUT2D eigenvalue weighted by atomic mass is 32.2. The van der Waals surface area contributed by atoms with Crippen molar-refractivity contribution in [3.8, 4) is 0 Å². The van der Waals surface area contributed by atoms with Gasteiger partial charge in [-0.05, 0) is 22.3 Å². The zero-order chi connectivity index (χ0) is 15.7. The van der Waals surface area contributed by atoms with Crippen molar-refractivity contribution >= 4 is 17.3 Å². The van der Waals surface area contributed by atoms with Gasteiger partial charge in [0.25, 0.3) is 0 Å². The zero-order valence-corrected chi connectivity index (χ0v) is 13.9. The normalized spacial score (nSPS) is 10.3. The number of rotatable bonds is 6. The lowest BCUT2D eigenvalue weighted by molar-refractivity contribution is 1.41. The fraction of sp³-hybridized carbons (Fsp3) is 0.0909. The number of benzene rings is 3. The second-order valence-corrected chi connectivity index (χ2v) is 6.38. The molecule has 3 rings (SSSR count). The lowest BCUT2D eigenvalue weighted by Crippen LogP contribution is -1.89. The molecule has 0 saturated heterocycles. The quantitative estimate of drug-likeness (QED) is 0.499. The average molecular weight is 316 g/mol. The molecule has 0 amide bonds. The molecule has 0 bridgehead atoms. The van der Waals surface area contributed by atoms with E-state index in [2.05, 4.69) is 97.1 Å². The molecule has 0 aliphatic carbocycles. The molecule has 0 aliphatic heterocycles. The van der Waals surface area contributed by atoms with E-state index in [0.717, 1.165) is 11.5 Å². The third-order valence-electron chi connectivity index (χ3n) is 3.69. The van der Waals surface area contributed by atoms with Crippen LogP contribution in [0.2, 0.25) is 0 Å². The summed E-state index contributed by atoms with van der Waals surface area (Å²) in [7, 11) is 0. The van der Waals surface area contributed by atoms with Crippen molar-refractivity contribution in [2.24, 2.45) is 0 Å². The van der Waals surface area contributed by atoms with Gasteiger partial charge in [0.2, 0.25) is 0 Å². The van der Waals surface area contributed by atoms with Crippen LogP contribution in [-0.4, -0.2) is 5.75 Å². The molecule has 0 radical (unpaired) electrons. The average Bonchev–Trinajstić information content (AvgIpc) is 2.64. The molecule has 23 heavy (non-hydrogen) atoms. The van der Waals surface area contributed by atoms with E-state index in [1.807, 2.05) is 11.8 Å². The van der Waals surface area contributed by atoms with E-state index in [4.69, 9.17) is 0 Å². The van der Waals surface area contributed by atoms with E-state index in [0.29, 0.717) is 0 Å². The second kappa shape index (κ2) is 8.40. The van der Waals surface area contributed by atoms with Crippen molar-refractivity contribution in [1.29, 1.82) is 0 Å². The third kappa shape index (κ3) is 4.61. The van der Waals surface area contributed by atoms with Crippen LogP contribution in [0.3, 0.4) is 0 Å². The summed E-state index contributed by atoms with van der Waals surface area (Å²) >= 11 is 1.95. The first-order chi connectivity index (χ1) is 11.4. The van der Waals surface area contributed by atoms with Crippen LogP contribution in [0, 0.1) is 0 Å². The molecule has 0 heterocycles. The van der Waals surface area contributed by atoms with Crippen molar-refractivity contribution in [2.75, 3.05) is 5.75 Å². The van der Waals surface area contributed by atoms with Crippen molar-refractivity contribution in [3.63, 3.8) is 0 Å². The summed E-state index contributed by atoms with van der Waals surface area (Å²) in [4.78, 5) is 0. The Morgan fingerprint density at radius 2 is 1.13 bits per heavy atom. The van der Waals surface area contributed by atoms with Crippen molar-refractivity contribution in [2.45, 2.75) is 5.75 Å². The Bertz CT molecular complexity index is 689. The van der Waals surface area contributed by atoms with Gasteiger partial charge in [-0.3, -0.25) is 0 Å². The van der Waals surface area contributed by atoms with Crippen LogP contribution >= 0.6 is 11.8 Å². The minimum atomic E-state index is 1.01. The molecule has 0 N–H and O–H groups in total. The molecule has 1 heteroatoms. The van der Waals surface area contributed by atoms with E-state index < -0.39 is 0 Å². The van der Waals surface area contributed by atoms with Crippen LogP contribution in [0.4, 0.5) is 0 Å².